The lowest BCUT2D eigenvalue weighted by atomic mass is 9.86. The minimum Gasteiger partial charge on any atom is -0.386 e. The van der Waals surface area contributed by atoms with Gasteiger partial charge in [0.25, 0.3) is 12.3 Å². The number of fused-ring (bicyclic) bond motifs is 2. The third-order valence-electron chi connectivity index (χ3n) is 6.29. The first-order valence-electron chi connectivity index (χ1n) is 9.83. The summed E-state index contributed by atoms with van der Waals surface area (Å²) in [6, 6.07) is 3.46. The van der Waals surface area contributed by atoms with E-state index in [1.165, 1.54) is 19.1 Å². The number of aliphatic imine (C=N–C) groups is 1. The second-order valence-electron chi connectivity index (χ2n) is 8.12. The van der Waals surface area contributed by atoms with Crippen molar-refractivity contribution in [2.24, 2.45) is 10.7 Å². The zero-order chi connectivity index (χ0) is 24.2. The quantitative estimate of drug-likeness (QED) is 0.627. The van der Waals surface area contributed by atoms with Crippen molar-refractivity contribution < 1.29 is 30.8 Å². The summed E-state index contributed by atoms with van der Waals surface area (Å²) in [5.41, 5.74) is 3.31. The van der Waals surface area contributed by atoms with Crippen LogP contribution in [0.3, 0.4) is 0 Å². The molecule has 1 aromatic carbocycles. The van der Waals surface area contributed by atoms with Gasteiger partial charge in [0.05, 0.1) is 17.6 Å². The Labute approximate surface area is 186 Å². The molecule has 1 aromatic heterocycles. The van der Waals surface area contributed by atoms with Crippen LogP contribution in [0.2, 0.25) is 0 Å². The Kier molecular flexibility index (Phi) is 5.42. The molecule has 1 amide bonds. The van der Waals surface area contributed by atoms with Gasteiger partial charge in [-0.3, -0.25) is 14.8 Å². The van der Waals surface area contributed by atoms with Crippen molar-refractivity contribution >= 4 is 27.3 Å². The molecule has 1 fully saturated rings. The summed E-state index contributed by atoms with van der Waals surface area (Å²) in [5, 5.41) is 1.23. The Balaban J connectivity index is 1.70. The first kappa shape index (κ1) is 23.1. The number of aromatic nitrogens is 2. The zero-order valence-corrected chi connectivity index (χ0v) is 18.0. The number of nitrogens with one attached hydrogen (secondary N) is 1. The molecule has 3 atom stereocenters. The molecule has 2 aliphatic rings. The number of hydrogen-bond donors (Lipinski definition) is 2. The van der Waals surface area contributed by atoms with Gasteiger partial charge in [-0.15, -0.1) is 0 Å². The van der Waals surface area contributed by atoms with Crippen molar-refractivity contribution in [1.82, 2.24) is 9.97 Å². The molecule has 0 aliphatic carbocycles. The molecule has 8 nitrogen and oxygen atoms in total. The van der Waals surface area contributed by atoms with Crippen LogP contribution in [-0.2, 0) is 15.4 Å². The minimum atomic E-state index is -4.12. The number of amides is 1. The summed E-state index contributed by atoms with van der Waals surface area (Å²) in [4.78, 5) is 23.8. The second-order valence-corrected chi connectivity index (χ2v) is 10.6. The SMILES string of the molecule is C[C@]1(c2cc(NC(=O)c3cnc(C(F)F)cn3)ccc2F)N=C(N)[C@@]2(CF)CC[C@@H]1S2(=O)=O. The molecule has 0 spiro atoms. The van der Waals surface area contributed by atoms with E-state index in [-0.39, 0.29) is 29.8 Å². The molecule has 1 saturated heterocycles. The van der Waals surface area contributed by atoms with Gasteiger partial charge in [-0.1, -0.05) is 0 Å². The van der Waals surface area contributed by atoms with Crippen LogP contribution in [0.15, 0.2) is 35.6 Å². The summed E-state index contributed by atoms with van der Waals surface area (Å²) < 4.78 is 78.2. The molecule has 0 saturated carbocycles. The minimum absolute atomic E-state index is 0.0368. The highest BCUT2D eigenvalue weighted by Gasteiger charge is 2.65. The van der Waals surface area contributed by atoms with Crippen molar-refractivity contribution in [3.8, 4) is 0 Å². The molecule has 0 radical (unpaired) electrons. The number of halogens is 4. The van der Waals surface area contributed by atoms with Gasteiger partial charge in [-0.05, 0) is 38.0 Å². The van der Waals surface area contributed by atoms with Crippen molar-refractivity contribution in [2.75, 3.05) is 12.0 Å². The van der Waals surface area contributed by atoms with Gasteiger partial charge in [0.2, 0.25) is 0 Å². The molecule has 2 aliphatic heterocycles. The van der Waals surface area contributed by atoms with E-state index in [0.29, 0.717) is 0 Å². The third kappa shape index (κ3) is 3.36. The average Bonchev–Trinajstić information content (AvgIpc) is 2.98. The van der Waals surface area contributed by atoms with Gasteiger partial charge in [0.15, 0.2) is 14.6 Å². The van der Waals surface area contributed by atoms with E-state index in [4.69, 9.17) is 5.73 Å². The topological polar surface area (TPSA) is 127 Å². The van der Waals surface area contributed by atoms with Crippen LogP contribution in [0.1, 0.15) is 47.9 Å². The molecule has 176 valence electrons. The lowest BCUT2D eigenvalue weighted by Crippen LogP contribution is -2.58. The van der Waals surface area contributed by atoms with Crippen LogP contribution in [-0.4, -0.2) is 46.8 Å². The fourth-order valence-electron chi connectivity index (χ4n) is 4.41. The Morgan fingerprint density at radius 1 is 1.30 bits per heavy atom. The van der Waals surface area contributed by atoms with Gasteiger partial charge in [0, 0.05) is 11.3 Å². The van der Waals surface area contributed by atoms with E-state index < -0.39 is 61.7 Å². The zero-order valence-electron chi connectivity index (χ0n) is 17.2. The number of sulfone groups is 1. The number of nitrogens with two attached hydrogens (primary N) is 1. The number of nitrogens with zero attached hydrogens (tertiary/aromatic N) is 3. The molecule has 33 heavy (non-hydrogen) atoms. The molecular weight excluding hydrogens is 466 g/mol. The van der Waals surface area contributed by atoms with Crippen LogP contribution < -0.4 is 11.1 Å². The van der Waals surface area contributed by atoms with Crippen molar-refractivity contribution in [3.05, 3.63) is 53.4 Å². The standard InChI is InChI=1S/C20H19F4N5O3S/c1-19(15-4-5-20(9-21,18(25)29-19)33(15,31)32)11-6-10(2-3-12(11)22)28-17(30)14-8-26-13(7-27-14)16(23)24/h2-3,6-8,15-16H,4-5,9H2,1H3,(H2,25,29)(H,28,30)/t15-,19+,20-/m0/s1. The van der Waals surface area contributed by atoms with E-state index in [2.05, 4.69) is 20.3 Å². The van der Waals surface area contributed by atoms with E-state index in [9.17, 15) is 30.8 Å². The fourth-order valence-corrected chi connectivity index (χ4v) is 7.06. The Morgan fingerprint density at radius 2 is 2.03 bits per heavy atom. The van der Waals surface area contributed by atoms with Crippen LogP contribution in [0.5, 0.6) is 0 Å². The van der Waals surface area contributed by atoms with Crippen LogP contribution in [0.25, 0.3) is 0 Å². The molecule has 4 rings (SSSR count). The summed E-state index contributed by atoms with van der Waals surface area (Å²) in [7, 11) is -4.12. The molecule has 2 bridgehead atoms. The van der Waals surface area contributed by atoms with Crippen molar-refractivity contribution in [2.45, 2.75) is 41.7 Å². The second kappa shape index (κ2) is 7.75. The van der Waals surface area contributed by atoms with E-state index in [1.807, 2.05) is 0 Å². The monoisotopic (exact) mass is 485 g/mol. The van der Waals surface area contributed by atoms with Crippen molar-refractivity contribution in [1.29, 1.82) is 0 Å². The molecule has 3 heterocycles. The fraction of sp³-hybridized carbons (Fsp3) is 0.400. The van der Waals surface area contributed by atoms with Crippen LogP contribution >= 0.6 is 0 Å². The lowest BCUT2D eigenvalue weighted by molar-refractivity contribution is 0.102. The number of benzene rings is 1. The smallest absolute Gasteiger partial charge is 0.281 e. The Hall–Kier alpha value is -3.09. The predicted molar refractivity (Wildman–Crippen MR) is 111 cm³/mol. The van der Waals surface area contributed by atoms with E-state index in [1.54, 1.807) is 0 Å². The number of carbonyl (C=O) groups is 1. The number of anilines is 1. The highest BCUT2D eigenvalue weighted by atomic mass is 32.2. The molecule has 0 unspecified atom stereocenters. The molecule has 3 N–H and O–H groups in total. The maximum atomic E-state index is 14.9. The van der Waals surface area contributed by atoms with E-state index >= 15 is 0 Å². The first-order chi connectivity index (χ1) is 15.5. The first-order valence-corrected chi connectivity index (χ1v) is 11.4. The highest BCUT2D eigenvalue weighted by molar-refractivity contribution is 7.94. The van der Waals surface area contributed by atoms with Crippen LogP contribution in [0.4, 0.5) is 23.2 Å². The maximum Gasteiger partial charge on any atom is 0.281 e. The normalized spacial score (nSPS) is 27.9. The van der Waals surface area contributed by atoms with Crippen LogP contribution in [0, 0.1) is 5.82 Å². The van der Waals surface area contributed by atoms with Gasteiger partial charge < -0.3 is 11.1 Å². The summed E-state index contributed by atoms with van der Waals surface area (Å²) in [6.07, 6.45) is -1.24. The Bertz CT molecular complexity index is 1250. The highest BCUT2D eigenvalue weighted by Crippen LogP contribution is 2.52. The predicted octanol–water partition coefficient (Wildman–Crippen LogP) is 2.68. The third-order valence-corrected chi connectivity index (χ3v) is 9.34. The summed E-state index contributed by atoms with van der Waals surface area (Å²) >= 11 is 0. The molecule has 2 aromatic rings. The molecule has 13 heteroatoms. The largest absolute Gasteiger partial charge is 0.386 e. The van der Waals surface area contributed by atoms with Gasteiger partial charge >= 0.3 is 0 Å². The number of rotatable bonds is 5. The maximum absolute atomic E-state index is 14.9. The van der Waals surface area contributed by atoms with Gasteiger partial charge in [-0.25, -0.2) is 31.0 Å². The van der Waals surface area contributed by atoms with Gasteiger partial charge in [-0.2, -0.15) is 0 Å². The number of alkyl halides is 3. The molecular formula is C20H19F4N5O3S. The lowest BCUT2D eigenvalue weighted by Gasteiger charge is -2.39. The number of amidine groups is 1. The summed E-state index contributed by atoms with van der Waals surface area (Å²) in [6.45, 7) is 0.176. The number of hydrogen-bond acceptors (Lipinski definition) is 7. The number of carbonyl (C=O) groups excluding carboxylic acids is 1. The average molecular weight is 485 g/mol. The van der Waals surface area contributed by atoms with Crippen molar-refractivity contribution in [3.63, 3.8) is 0 Å². The van der Waals surface area contributed by atoms with E-state index in [0.717, 1.165) is 18.5 Å². The van der Waals surface area contributed by atoms with Gasteiger partial charge in [0.1, 0.15) is 35.3 Å². The Morgan fingerprint density at radius 3 is 2.64 bits per heavy atom. The summed E-state index contributed by atoms with van der Waals surface area (Å²) in [5.74, 6) is -2.00.